The number of halogens is 1. The van der Waals surface area contributed by atoms with Gasteiger partial charge in [0.15, 0.2) is 23.9 Å². The van der Waals surface area contributed by atoms with Gasteiger partial charge in [-0.15, -0.1) is 0 Å². The van der Waals surface area contributed by atoms with E-state index in [1.54, 1.807) is 36.4 Å². The minimum Gasteiger partial charge on any atom is -0.486 e. The first-order chi connectivity index (χ1) is 14.0. The van der Waals surface area contributed by atoms with Crippen LogP contribution in [0.2, 0.25) is 5.02 Å². The molecule has 1 heterocycles. The molecule has 29 heavy (non-hydrogen) atoms. The van der Waals surface area contributed by atoms with E-state index in [4.69, 9.17) is 25.8 Å². The van der Waals surface area contributed by atoms with Gasteiger partial charge >= 0.3 is 5.97 Å². The lowest BCUT2D eigenvalue weighted by Gasteiger charge is -2.26. The van der Waals surface area contributed by atoms with Crippen LogP contribution in [-0.4, -0.2) is 43.5 Å². The second kappa shape index (κ2) is 9.93. The van der Waals surface area contributed by atoms with Crippen molar-refractivity contribution in [2.24, 2.45) is 0 Å². The van der Waals surface area contributed by atoms with E-state index in [1.807, 2.05) is 12.1 Å². The lowest BCUT2D eigenvalue weighted by Crippen LogP contribution is -2.42. The van der Waals surface area contributed by atoms with Crippen LogP contribution in [0.25, 0.3) is 0 Å². The molecule has 0 radical (unpaired) electrons. The number of para-hydroxylation sites is 2. The van der Waals surface area contributed by atoms with Crippen LogP contribution in [0.5, 0.6) is 11.5 Å². The Balaban J connectivity index is 1.32. The Kier molecular flexibility index (Phi) is 7.08. The van der Waals surface area contributed by atoms with E-state index in [0.717, 1.165) is 0 Å². The minimum absolute atomic E-state index is 0.00521. The third-order valence-electron chi connectivity index (χ3n) is 4.18. The van der Waals surface area contributed by atoms with Crippen LogP contribution >= 0.6 is 11.6 Å². The Bertz CT molecular complexity index is 883. The van der Waals surface area contributed by atoms with Crippen LogP contribution in [0.3, 0.4) is 0 Å². The maximum Gasteiger partial charge on any atom is 0.306 e. The molecule has 1 aliphatic heterocycles. The summed E-state index contributed by atoms with van der Waals surface area (Å²) in [6, 6.07) is 13.7. The van der Waals surface area contributed by atoms with E-state index in [1.165, 1.54) is 0 Å². The number of amides is 1. The summed E-state index contributed by atoms with van der Waals surface area (Å²) in [5.41, 5.74) is 0.469. The molecular weight excluding hydrogens is 398 g/mol. The monoisotopic (exact) mass is 417 g/mol. The Morgan fingerprint density at radius 3 is 2.52 bits per heavy atom. The summed E-state index contributed by atoms with van der Waals surface area (Å²) >= 11 is 5.77. The number of nitrogens with one attached hydrogen (secondary N) is 1. The molecule has 1 N–H and O–H groups in total. The fourth-order valence-electron chi connectivity index (χ4n) is 2.66. The highest BCUT2D eigenvalue weighted by molar-refractivity contribution is 6.30. The highest BCUT2D eigenvalue weighted by Gasteiger charge is 2.21. The van der Waals surface area contributed by atoms with Gasteiger partial charge in [0.05, 0.1) is 13.0 Å². The number of hydrogen-bond acceptors (Lipinski definition) is 6. The summed E-state index contributed by atoms with van der Waals surface area (Å²) in [6.45, 7) is 0.113. The van der Waals surface area contributed by atoms with E-state index in [9.17, 15) is 14.4 Å². The number of hydrogen-bond donors (Lipinski definition) is 1. The van der Waals surface area contributed by atoms with Crippen molar-refractivity contribution >= 4 is 29.3 Å². The van der Waals surface area contributed by atoms with Crippen LogP contribution < -0.4 is 14.8 Å². The van der Waals surface area contributed by atoms with Crippen molar-refractivity contribution in [1.29, 1.82) is 0 Å². The average molecular weight is 418 g/mol. The topological polar surface area (TPSA) is 90.9 Å². The minimum atomic E-state index is -0.617. The quantitative estimate of drug-likeness (QED) is 0.524. The molecule has 0 aromatic heterocycles. The van der Waals surface area contributed by atoms with Crippen LogP contribution in [0.1, 0.15) is 23.2 Å². The number of carbonyl (C=O) groups is 3. The smallest absolute Gasteiger partial charge is 0.306 e. The Labute approximate surface area is 172 Å². The second-order valence-corrected chi connectivity index (χ2v) is 6.83. The largest absolute Gasteiger partial charge is 0.486 e. The first-order valence-corrected chi connectivity index (χ1v) is 9.48. The molecule has 1 amide bonds. The fraction of sp³-hybridized carbons (Fsp3) is 0.286. The Morgan fingerprint density at radius 2 is 1.76 bits per heavy atom. The molecule has 0 saturated heterocycles. The summed E-state index contributed by atoms with van der Waals surface area (Å²) in [5.74, 6) is 0.0169. The highest BCUT2D eigenvalue weighted by Crippen LogP contribution is 2.30. The molecule has 3 rings (SSSR count). The van der Waals surface area contributed by atoms with Gasteiger partial charge in [-0.3, -0.25) is 14.4 Å². The molecule has 8 heteroatoms. The van der Waals surface area contributed by atoms with Gasteiger partial charge in [0.2, 0.25) is 0 Å². The van der Waals surface area contributed by atoms with Crippen molar-refractivity contribution < 1.29 is 28.6 Å². The maximum atomic E-state index is 12.0. The SMILES string of the molecule is O=C(COC(=O)CCC(=O)c1ccc(Cl)cc1)NCC1COc2ccccc2O1. The number of rotatable bonds is 8. The zero-order chi connectivity index (χ0) is 20.6. The molecule has 7 nitrogen and oxygen atoms in total. The van der Waals surface area contributed by atoms with E-state index >= 15 is 0 Å². The van der Waals surface area contributed by atoms with Crippen LogP contribution in [-0.2, 0) is 14.3 Å². The zero-order valence-electron chi connectivity index (χ0n) is 15.6. The van der Waals surface area contributed by atoms with Crippen LogP contribution in [0, 0.1) is 0 Å². The van der Waals surface area contributed by atoms with Gasteiger partial charge in [0, 0.05) is 17.0 Å². The summed E-state index contributed by atoms with van der Waals surface area (Å²) in [6.07, 6.45) is -0.443. The molecule has 0 fully saturated rings. The van der Waals surface area contributed by atoms with E-state index in [0.29, 0.717) is 28.7 Å². The normalized spacial score (nSPS) is 14.7. The molecule has 0 aliphatic carbocycles. The van der Waals surface area contributed by atoms with Crippen molar-refractivity contribution in [2.75, 3.05) is 19.8 Å². The molecule has 2 aromatic carbocycles. The van der Waals surface area contributed by atoms with Gasteiger partial charge in [0.25, 0.3) is 5.91 Å². The number of Topliss-reactive ketones (excluding diaryl/α,β-unsaturated/α-hetero) is 1. The fourth-order valence-corrected chi connectivity index (χ4v) is 2.78. The van der Waals surface area contributed by atoms with Gasteiger partial charge in [0.1, 0.15) is 12.7 Å². The molecule has 0 spiro atoms. The zero-order valence-corrected chi connectivity index (χ0v) is 16.3. The van der Waals surface area contributed by atoms with Crippen molar-refractivity contribution in [3.05, 3.63) is 59.1 Å². The van der Waals surface area contributed by atoms with Crippen LogP contribution in [0.15, 0.2) is 48.5 Å². The first kappa shape index (κ1) is 20.7. The predicted molar refractivity (Wildman–Crippen MR) is 105 cm³/mol. The van der Waals surface area contributed by atoms with E-state index in [-0.39, 0.29) is 31.3 Å². The number of esters is 1. The number of benzene rings is 2. The van der Waals surface area contributed by atoms with E-state index in [2.05, 4.69) is 5.32 Å². The average Bonchev–Trinajstić information content (AvgIpc) is 2.75. The van der Waals surface area contributed by atoms with Crippen molar-refractivity contribution in [3.8, 4) is 11.5 Å². The molecule has 152 valence electrons. The molecule has 1 unspecified atom stereocenters. The third kappa shape index (κ3) is 6.22. The Hall–Kier alpha value is -3.06. The Morgan fingerprint density at radius 1 is 1.03 bits per heavy atom. The predicted octanol–water partition coefficient (Wildman–Crippen LogP) is 2.80. The summed E-state index contributed by atoms with van der Waals surface area (Å²) in [5, 5.41) is 3.16. The van der Waals surface area contributed by atoms with Gasteiger partial charge in [-0.1, -0.05) is 23.7 Å². The summed E-state index contributed by atoms with van der Waals surface area (Å²) < 4.78 is 16.2. The molecule has 2 aromatic rings. The van der Waals surface area contributed by atoms with Gasteiger partial charge in [-0.25, -0.2) is 0 Å². The van der Waals surface area contributed by atoms with Crippen LogP contribution in [0.4, 0.5) is 0 Å². The lowest BCUT2D eigenvalue weighted by atomic mass is 10.1. The summed E-state index contributed by atoms with van der Waals surface area (Å²) in [4.78, 5) is 35.6. The molecule has 1 aliphatic rings. The molecular formula is C21H20ClNO6. The molecule has 0 bridgehead atoms. The molecule has 0 saturated carbocycles. The first-order valence-electron chi connectivity index (χ1n) is 9.11. The number of fused-ring (bicyclic) bond motifs is 1. The standard InChI is InChI=1S/C21H20ClNO6/c22-15-7-5-14(6-8-15)17(24)9-10-21(26)28-13-20(25)23-11-16-12-27-18-3-1-2-4-19(18)29-16/h1-8,16H,9-13H2,(H,23,25). The van der Waals surface area contributed by atoms with Gasteiger partial charge in [-0.05, 0) is 36.4 Å². The second-order valence-electron chi connectivity index (χ2n) is 6.39. The van der Waals surface area contributed by atoms with E-state index < -0.39 is 18.5 Å². The number of ketones is 1. The van der Waals surface area contributed by atoms with Gasteiger partial charge < -0.3 is 19.5 Å². The molecule has 1 atom stereocenters. The summed E-state index contributed by atoms with van der Waals surface area (Å²) in [7, 11) is 0. The lowest BCUT2D eigenvalue weighted by molar-refractivity contribution is -0.148. The third-order valence-corrected chi connectivity index (χ3v) is 4.43. The van der Waals surface area contributed by atoms with Gasteiger partial charge in [-0.2, -0.15) is 0 Å². The number of ether oxygens (including phenoxy) is 3. The van der Waals surface area contributed by atoms with Crippen molar-refractivity contribution in [3.63, 3.8) is 0 Å². The van der Waals surface area contributed by atoms with Crippen molar-refractivity contribution in [2.45, 2.75) is 18.9 Å². The number of carbonyl (C=O) groups excluding carboxylic acids is 3. The highest BCUT2D eigenvalue weighted by atomic mass is 35.5. The van der Waals surface area contributed by atoms with Crippen molar-refractivity contribution in [1.82, 2.24) is 5.32 Å². The maximum absolute atomic E-state index is 12.0.